The van der Waals surface area contributed by atoms with E-state index in [9.17, 15) is 13.2 Å². The van der Waals surface area contributed by atoms with Gasteiger partial charge in [-0.25, -0.2) is 8.42 Å². The molecule has 0 spiro atoms. The maximum absolute atomic E-state index is 13.7. The van der Waals surface area contributed by atoms with Gasteiger partial charge < -0.3 is 24.3 Å². The average molecular weight is 467 g/mol. The summed E-state index contributed by atoms with van der Waals surface area (Å²) in [5.74, 6) is 0.858. The molecular formula is C22H30N2O7S. The number of benzene rings is 2. The number of ether oxygens (including phenoxy) is 4. The number of sulfonamides is 1. The minimum absolute atomic E-state index is 0.0728. The molecule has 2 aromatic rings. The Morgan fingerprint density at radius 1 is 0.938 bits per heavy atom. The summed E-state index contributed by atoms with van der Waals surface area (Å²) in [4.78, 5) is 12.6. The van der Waals surface area contributed by atoms with Crippen LogP contribution in [0, 0.1) is 0 Å². The Morgan fingerprint density at radius 2 is 1.56 bits per heavy atom. The summed E-state index contributed by atoms with van der Waals surface area (Å²) in [5.41, 5.74) is 0.168. The second-order valence-corrected chi connectivity index (χ2v) is 8.81. The van der Waals surface area contributed by atoms with Gasteiger partial charge in [-0.1, -0.05) is 6.92 Å². The van der Waals surface area contributed by atoms with E-state index < -0.39 is 22.5 Å². The van der Waals surface area contributed by atoms with Gasteiger partial charge in [-0.15, -0.1) is 0 Å². The monoisotopic (exact) mass is 466 g/mol. The van der Waals surface area contributed by atoms with E-state index in [-0.39, 0.29) is 28.1 Å². The summed E-state index contributed by atoms with van der Waals surface area (Å²) in [7, 11) is 1.55. The van der Waals surface area contributed by atoms with Crippen LogP contribution in [0.3, 0.4) is 0 Å². The first-order valence-corrected chi connectivity index (χ1v) is 11.4. The molecule has 0 fully saturated rings. The summed E-state index contributed by atoms with van der Waals surface area (Å²) in [6.07, 6.45) is 0.705. The predicted octanol–water partition coefficient (Wildman–Crippen LogP) is 2.83. The molecular weight excluding hydrogens is 436 g/mol. The number of hydrogen-bond acceptors (Lipinski definition) is 7. The lowest BCUT2D eigenvalue weighted by molar-refractivity contribution is -0.120. The van der Waals surface area contributed by atoms with E-state index in [1.165, 1.54) is 52.7 Å². The summed E-state index contributed by atoms with van der Waals surface area (Å²) in [6, 6.07) is 8.85. The fraction of sp³-hybridized carbons (Fsp3) is 0.409. The number of anilines is 1. The van der Waals surface area contributed by atoms with Crippen molar-refractivity contribution in [3.63, 3.8) is 0 Å². The Labute approximate surface area is 189 Å². The summed E-state index contributed by atoms with van der Waals surface area (Å²) >= 11 is 0. The van der Waals surface area contributed by atoms with Crippen molar-refractivity contribution in [3.8, 4) is 23.0 Å². The lowest BCUT2D eigenvalue weighted by atomic mass is 10.2. The molecule has 1 amide bonds. The molecule has 32 heavy (non-hydrogen) atoms. The van der Waals surface area contributed by atoms with Crippen LogP contribution >= 0.6 is 0 Å². The van der Waals surface area contributed by atoms with Gasteiger partial charge in [0.25, 0.3) is 10.0 Å². The highest BCUT2D eigenvalue weighted by Gasteiger charge is 2.31. The normalized spacial score (nSPS) is 11.9. The smallest absolute Gasteiger partial charge is 0.265 e. The van der Waals surface area contributed by atoms with Crippen LogP contribution in [0.5, 0.6) is 23.0 Å². The minimum Gasteiger partial charge on any atom is -0.497 e. The first-order chi connectivity index (χ1) is 15.2. The molecule has 0 saturated carbocycles. The van der Waals surface area contributed by atoms with E-state index in [1.54, 1.807) is 12.1 Å². The van der Waals surface area contributed by atoms with Crippen molar-refractivity contribution >= 4 is 21.6 Å². The molecule has 0 heterocycles. The van der Waals surface area contributed by atoms with Gasteiger partial charge >= 0.3 is 0 Å². The van der Waals surface area contributed by atoms with Crippen LogP contribution in [0.4, 0.5) is 5.69 Å². The lowest BCUT2D eigenvalue weighted by Crippen LogP contribution is -2.43. The van der Waals surface area contributed by atoms with Gasteiger partial charge in [-0.2, -0.15) is 0 Å². The Kier molecular flexibility index (Phi) is 8.59. The molecule has 176 valence electrons. The van der Waals surface area contributed by atoms with Crippen molar-refractivity contribution in [2.24, 2.45) is 0 Å². The number of carbonyl (C=O) groups is 1. The zero-order valence-electron chi connectivity index (χ0n) is 19.2. The van der Waals surface area contributed by atoms with Gasteiger partial charge in [0, 0.05) is 18.2 Å². The van der Waals surface area contributed by atoms with E-state index in [0.29, 0.717) is 17.9 Å². The highest BCUT2D eigenvalue weighted by atomic mass is 32.2. The third-order valence-electron chi connectivity index (χ3n) is 4.90. The number of methoxy groups -OCH3 is 4. The standard InChI is InChI=1S/C22H30N2O7S/c1-7-15(2)23-22(25)14-24(18-12-16(28-3)8-10-19(18)29-4)32(26,27)17-9-11-20(30-5)21(13-17)31-6/h8-13,15H,7,14H2,1-6H3,(H,23,25)/t15-/m0/s1. The molecule has 0 aliphatic rings. The molecule has 2 rings (SSSR count). The summed E-state index contributed by atoms with van der Waals surface area (Å²) in [5, 5.41) is 2.80. The van der Waals surface area contributed by atoms with Crippen LogP contribution in [0.15, 0.2) is 41.3 Å². The van der Waals surface area contributed by atoms with Crippen molar-refractivity contribution in [1.29, 1.82) is 0 Å². The van der Waals surface area contributed by atoms with Gasteiger partial charge in [0.05, 0.1) is 39.0 Å². The van der Waals surface area contributed by atoms with Crippen molar-refractivity contribution in [3.05, 3.63) is 36.4 Å². The molecule has 0 bridgehead atoms. The number of rotatable bonds is 11. The van der Waals surface area contributed by atoms with E-state index >= 15 is 0 Å². The maximum atomic E-state index is 13.7. The molecule has 0 aromatic heterocycles. The van der Waals surface area contributed by atoms with Gasteiger partial charge in [0.1, 0.15) is 18.0 Å². The van der Waals surface area contributed by atoms with Crippen molar-refractivity contribution < 1.29 is 32.2 Å². The molecule has 0 unspecified atom stereocenters. The van der Waals surface area contributed by atoms with Crippen LogP contribution in [0.1, 0.15) is 20.3 Å². The fourth-order valence-corrected chi connectivity index (χ4v) is 4.39. The van der Waals surface area contributed by atoms with Crippen molar-refractivity contribution in [2.45, 2.75) is 31.2 Å². The molecule has 1 N–H and O–H groups in total. The number of nitrogens with zero attached hydrogens (tertiary/aromatic N) is 1. The second-order valence-electron chi connectivity index (χ2n) is 6.94. The van der Waals surface area contributed by atoms with Crippen molar-refractivity contribution in [2.75, 3.05) is 39.3 Å². The Morgan fingerprint density at radius 3 is 2.12 bits per heavy atom. The minimum atomic E-state index is -4.21. The molecule has 0 aliphatic heterocycles. The van der Waals surface area contributed by atoms with Crippen LogP contribution in [0.25, 0.3) is 0 Å². The highest BCUT2D eigenvalue weighted by molar-refractivity contribution is 7.92. The van der Waals surface area contributed by atoms with Crippen LogP contribution in [-0.4, -0.2) is 55.4 Å². The van der Waals surface area contributed by atoms with Crippen molar-refractivity contribution in [1.82, 2.24) is 5.32 Å². The van der Waals surface area contributed by atoms with E-state index in [1.807, 2.05) is 13.8 Å². The molecule has 2 aromatic carbocycles. The number of nitrogens with one attached hydrogen (secondary N) is 1. The summed E-state index contributed by atoms with van der Waals surface area (Å²) < 4.78 is 49.5. The Balaban J connectivity index is 2.64. The third-order valence-corrected chi connectivity index (χ3v) is 6.66. The van der Waals surface area contributed by atoms with Gasteiger partial charge in [0.15, 0.2) is 11.5 Å². The quantitative estimate of drug-likeness (QED) is 0.543. The fourth-order valence-electron chi connectivity index (χ4n) is 2.95. The number of carbonyl (C=O) groups excluding carboxylic acids is 1. The van der Waals surface area contributed by atoms with Crippen LogP contribution in [0.2, 0.25) is 0 Å². The number of amides is 1. The molecule has 0 saturated heterocycles. The second kappa shape index (κ2) is 10.9. The van der Waals surface area contributed by atoms with Gasteiger partial charge in [0.2, 0.25) is 5.91 Å². The van der Waals surface area contributed by atoms with Crippen LogP contribution in [-0.2, 0) is 14.8 Å². The third kappa shape index (κ3) is 5.56. The van der Waals surface area contributed by atoms with Crippen LogP contribution < -0.4 is 28.6 Å². The maximum Gasteiger partial charge on any atom is 0.265 e. The zero-order valence-corrected chi connectivity index (χ0v) is 20.0. The topological polar surface area (TPSA) is 103 Å². The van der Waals surface area contributed by atoms with E-state index in [0.717, 1.165) is 4.31 Å². The Hall–Kier alpha value is -3.14. The summed E-state index contributed by atoms with van der Waals surface area (Å²) in [6.45, 7) is 3.32. The molecule has 0 aliphatic carbocycles. The largest absolute Gasteiger partial charge is 0.497 e. The highest BCUT2D eigenvalue weighted by Crippen LogP contribution is 2.37. The van der Waals surface area contributed by atoms with E-state index in [4.69, 9.17) is 18.9 Å². The molecule has 9 nitrogen and oxygen atoms in total. The molecule has 1 atom stereocenters. The van der Waals surface area contributed by atoms with Gasteiger partial charge in [-0.3, -0.25) is 9.10 Å². The first kappa shape index (κ1) is 25.1. The number of hydrogen-bond donors (Lipinski definition) is 1. The van der Waals surface area contributed by atoms with Gasteiger partial charge in [-0.05, 0) is 37.6 Å². The first-order valence-electron chi connectivity index (χ1n) is 9.97. The van der Waals surface area contributed by atoms with E-state index in [2.05, 4.69) is 5.32 Å². The predicted molar refractivity (Wildman–Crippen MR) is 122 cm³/mol. The lowest BCUT2D eigenvalue weighted by Gasteiger charge is -2.27. The SMILES string of the molecule is CC[C@H](C)NC(=O)CN(c1cc(OC)ccc1OC)S(=O)(=O)c1ccc(OC)c(OC)c1. The molecule has 0 radical (unpaired) electrons. The molecule has 10 heteroatoms. The zero-order chi connectivity index (χ0) is 23.9. The Bertz CT molecular complexity index is 1040. The average Bonchev–Trinajstić information content (AvgIpc) is 2.81.